The highest BCUT2D eigenvalue weighted by molar-refractivity contribution is 9.10. The summed E-state index contributed by atoms with van der Waals surface area (Å²) < 4.78 is 4.71. The second-order valence-electron chi connectivity index (χ2n) is 2.75. The molecule has 0 saturated carbocycles. The van der Waals surface area contributed by atoms with Crippen molar-refractivity contribution in [3.8, 4) is 0 Å². The van der Waals surface area contributed by atoms with E-state index in [0.717, 1.165) is 15.0 Å². The van der Waals surface area contributed by atoms with Crippen molar-refractivity contribution in [2.24, 2.45) is 0 Å². The molecule has 0 amide bonds. The van der Waals surface area contributed by atoms with Crippen LogP contribution in [0.2, 0.25) is 0 Å². The zero-order chi connectivity index (χ0) is 9.97. The van der Waals surface area contributed by atoms with E-state index in [0.29, 0.717) is 6.42 Å². The maximum absolute atomic E-state index is 9.88. The summed E-state index contributed by atoms with van der Waals surface area (Å²) in [6.07, 6.45) is 0.0311. The van der Waals surface area contributed by atoms with Gasteiger partial charge >= 0.3 is 0 Å². The van der Waals surface area contributed by atoms with E-state index >= 15 is 0 Å². The van der Waals surface area contributed by atoms with Gasteiger partial charge in [-0.1, -0.05) is 4.49 Å². The molecule has 0 bridgehead atoms. The first-order chi connectivity index (χ1) is 6.77. The zero-order valence-electron chi connectivity index (χ0n) is 7.05. The average molecular weight is 291 g/mol. The maximum Gasteiger partial charge on any atom is 0.0949 e. The monoisotopic (exact) mass is 290 g/mol. The van der Waals surface area contributed by atoms with Gasteiger partial charge in [0, 0.05) is 21.2 Å². The summed E-state index contributed by atoms with van der Waals surface area (Å²) >= 11 is 6.23. The van der Waals surface area contributed by atoms with Crippen molar-refractivity contribution < 1.29 is 5.11 Å². The van der Waals surface area contributed by atoms with E-state index in [4.69, 9.17) is 0 Å². The molecule has 2 aromatic heterocycles. The van der Waals surface area contributed by atoms with Crippen LogP contribution in [0.3, 0.4) is 0 Å². The van der Waals surface area contributed by atoms with Crippen LogP contribution in [0.1, 0.15) is 16.7 Å². The highest BCUT2D eigenvalue weighted by Gasteiger charge is 2.14. The third-order valence-corrected chi connectivity index (χ3v) is 4.28. The molecule has 0 aliphatic rings. The molecular weight excluding hydrogens is 284 g/mol. The Morgan fingerprint density at radius 3 is 3.00 bits per heavy atom. The second-order valence-corrected chi connectivity index (χ2v) is 5.16. The largest absolute Gasteiger partial charge is 0.387 e. The molecule has 0 radical (unpaired) electrons. The molecular formula is C8H7BrN2OS2. The number of aliphatic hydroxyl groups is 1. The van der Waals surface area contributed by atoms with E-state index < -0.39 is 6.10 Å². The minimum atomic E-state index is -0.492. The van der Waals surface area contributed by atoms with E-state index in [1.807, 2.05) is 16.8 Å². The summed E-state index contributed by atoms with van der Waals surface area (Å²) in [5, 5.41) is 17.6. The van der Waals surface area contributed by atoms with Gasteiger partial charge in [-0.2, -0.15) is 0 Å². The van der Waals surface area contributed by atoms with Crippen LogP contribution in [0.25, 0.3) is 0 Å². The summed E-state index contributed by atoms with van der Waals surface area (Å²) in [6.45, 7) is 0. The summed E-state index contributed by atoms with van der Waals surface area (Å²) in [7, 11) is 0. The molecule has 2 rings (SSSR count). The lowest BCUT2D eigenvalue weighted by molar-refractivity contribution is 0.180. The number of nitrogens with zero attached hydrogens (tertiary/aromatic N) is 2. The van der Waals surface area contributed by atoms with E-state index in [1.54, 1.807) is 0 Å². The zero-order valence-corrected chi connectivity index (χ0v) is 10.3. The second kappa shape index (κ2) is 4.48. The Balaban J connectivity index is 2.10. The molecule has 0 saturated heterocycles. The van der Waals surface area contributed by atoms with Gasteiger partial charge in [-0.05, 0) is 38.9 Å². The molecule has 0 aromatic carbocycles. The van der Waals surface area contributed by atoms with Crippen LogP contribution in [-0.4, -0.2) is 14.7 Å². The normalized spacial score (nSPS) is 13.0. The topological polar surface area (TPSA) is 46.0 Å². The summed E-state index contributed by atoms with van der Waals surface area (Å²) in [4.78, 5) is 0.943. The fraction of sp³-hybridized carbons (Fsp3) is 0.250. The van der Waals surface area contributed by atoms with Crippen molar-refractivity contribution in [1.29, 1.82) is 0 Å². The van der Waals surface area contributed by atoms with Gasteiger partial charge in [0.2, 0.25) is 0 Å². The lowest BCUT2D eigenvalue weighted by atomic mass is 10.2. The molecule has 2 heterocycles. The van der Waals surface area contributed by atoms with Gasteiger partial charge in [0.25, 0.3) is 0 Å². The fourth-order valence-corrected chi connectivity index (χ4v) is 3.19. The maximum atomic E-state index is 9.88. The quantitative estimate of drug-likeness (QED) is 0.945. The van der Waals surface area contributed by atoms with Gasteiger partial charge in [-0.15, -0.1) is 16.4 Å². The van der Waals surface area contributed by atoms with E-state index in [9.17, 15) is 5.11 Å². The Kier molecular flexibility index (Phi) is 3.27. The number of hydrogen-bond donors (Lipinski definition) is 1. The van der Waals surface area contributed by atoms with Crippen LogP contribution >= 0.6 is 38.8 Å². The van der Waals surface area contributed by atoms with E-state index in [-0.39, 0.29) is 0 Å². The van der Waals surface area contributed by atoms with Crippen molar-refractivity contribution in [2.75, 3.05) is 0 Å². The van der Waals surface area contributed by atoms with Crippen LogP contribution in [0.5, 0.6) is 0 Å². The molecule has 1 N–H and O–H groups in total. The minimum absolute atomic E-state index is 0.492. The molecule has 0 spiro atoms. The Bertz CT molecular complexity index is 401. The number of halogens is 1. The van der Waals surface area contributed by atoms with Crippen LogP contribution in [0.4, 0.5) is 0 Å². The van der Waals surface area contributed by atoms with Crippen molar-refractivity contribution in [3.63, 3.8) is 0 Å². The lowest BCUT2D eigenvalue weighted by Gasteiger charge is -2.06. The molecule has 0 aliphatic heterocycles. The summed E-state index contributed by atoms with van der Waals surface area (Å²) in [6, 6.07) is 1.93. The Labute approximate surface area is 97.7 Å². The van der Waals surface area contributed by atoms with Gasteiger partial charge in [0.15, 0.2) is 0 Å². The van der Waals surface area contributed by atoms with Crippen molar-refractivity contribution in [1.82, 2.24) is 9.59 Å². The number of aromatic nitrogens is 2. The number of thiophene rings is 1. The third-order valence-electron chi connectivity index (χ3n) is 1.76. The van der Waals surface area contributed by atoms with Gasteiger partial charge in [0.05, 0.1) is 11.8 Å². The molecule has 1 atom stereocenters. The van der Waals surface area contributed by atoms with Crippen LogP contribution in [-0.2, 0) is 6.42 Å². The van der Waals surface area contributed by atoms with Gasteiger partial charge < -0.3 is 5.11 Å². The highest BCUT2D eigenvalue weighted by atomic mass is 79.9. The number of hydrogen-bond acceptors (Lipinski definition) is 5. The standard InChI is InChI=1S/C8H7BrN2OS2/c9-6-1-2-13-8(6)7(12)3-5-4-14-11-10-5/h1-2,4,7,12H,3H2. The fourth-order valence-electron chi connectivity index (χ4n) is 1.11. The molecule has 6 heteroatoms. The van der Waals surface area contributed by atoms with E-state index in [2.05, 4.69) is 25.5 Å². The Hall–Kier alpha value is -0.300. The molecule has 1 unspecified atom stereocenters. The molecule has 2 aromatic rings. The van der Waals surface area contributed by atoms with Crippen molar-refractivity contribution in [3.05, 3.63) is 31.9 Å². The molecule has 3 nitrogen and oxygen atoms in total. The van der Waals surface area contributed by atoms with Gasteiger partial charge in [-0.25, -0.2) is 0 Å². The van der Waals surface area contributed by atoms with Crippen LogP contribution in [0.15, 0.2) is 21.3 Å². The highest BCUT2D eigenvalue weighted by Crippen LogP contribution is 2.30. The predicted molar refractivity (Wildman–Crippen MR) is 60.6 cm³/mol. The van der Waals surface area contributed by atoms with E-state index in [1.165, 1.54) is 22.9 Å². The number of rotatable bonds is 3. The summed E-state index contributed by atoms with van der Waals surface area (Å²) in [5.41, 5.74) is 0.836. The van der Waals surface area contributed by atoms with Crippen molar-refractivity contribution in [2.45, 2.75) is 12.5 Å². The Morgan fingerprint density at radius 1 is 1.57 bits per heavy atom. The molecule has 0 fully saturated rings. The lowest BCUT2D eigenvalue weighted by Crippen LogP contribution is -2.00. The molecule has 0 aliphatic carbocycles. The van der Waals surface area contributed by atoms with Crippen LogP contribution < -0.4 is 0 Å². The first kappa shape index (κ1) is 10.2. The van der Waals surface area contributed by atoms with Crippen LogP contribution in [0, 0.1) is 0 Å². The predicted octanol–water partition coefficient (Wildman–Crippen LogP) is 2.64. The first-order valence-electron chi connectivity index (χ1n) is 3.94. The molecule has 74 valence electrons. The first-order valence-corrected chi connectivity index (χ1v) is 6.45. The van der Waals surface area contributed by atoms with Crippen molar-refractivity contribution >= 4 is 38.8 Å². The van der Waals surface area contributed by atoms with Gasteiger partial charge in [-0.3, -0.25) is 0 Å². The Morgan fingerprint density at radius 2 is 2.43 bits per heavy atom. The minimum Gasteiger partial charge on any atom is -0.387 e. The average Bonchev–Trinajstić information content (AvgIpc) is 2.75. The SMILES string of the molecule is OC(Cc1csnn1)c1sccc1Br. The molecule has 14 heavy (non-hydrogen) atoms. The third kappa shape index (κ3) is 2.20. The number of aliphatic hydroxyl groups excluding tert-OH is 1. The summed E-state index contributed by atoms with van der Waals surface area (Å²) in [5.74, 6) is 0. The van der Waals surface area contributed by atoms with Gasteiger partial charge in [0.1, 0.15) is 0 Å². The smallest absolute Gasteiger partial charge is 0.0949 e.